The largest absolute Gasteiger partial charge is 0.444 e. The lowest BCUT2D eigenvalue weighted by molar-refractivity contribution is 0.0486. The Balaban J connectivity index is 0. The van der Waals surface area contributed by atoms with Crippen LogP contribution >= 0.6 is 24.0 Å². The van der Waals surface area contributed by atoms with Crippen molar-refractivity contribution in [3.8, 4) is 0 Å². The summed E-state index contributed by atoms with van der Waals surface area (Å²) in [4.78, 5) is 18.1. The third-order valence-electron chi connectivity index (χ3n) is 3.99. The summed E-state index contributed by atoms with van der Waals surface area (Å²) in [6.45, 7) is 12.2. The van der Waals surface area contributed by atoms with Gasteiger partial charge in [-0.25, -0.2) is 13.2 Å². The van der Waals surface area contributed by atoms with Crippen molar-refractivity contribution in [2.75, 3.05) is 38.7 Å². The fraction of sp³-hybridized carbons (Fsp3) is 0.889. The Morgan fingerprint density at radius 2 is 1.82 bits per heavy atom. The molecule has 0 saturated heterocycles. The van der Waals surface area contributed by atoms with Gasteiger partial charge in [-0.2, -0.15) is 0 Å². The molecule has 168 valence electrons. The smallest absolute Gasteiger partial charge is 0.407 e. The average molecular weight is 535 g/mol. The Labute approximate surface area is 188 Å². The van der Waals surface area contributed by atoms with Crippen LogP contribution < -0.4 is 10.6 Å². The highest BCUT2D eigenvalue weighted by Gasteiger charge is 2.22. The molecule has 0 rings (SSSR count). The van der Waals surface area contributed by atoms with E-state index in [4.69, 9.17) is 4.74 Å². The number of hydrogen-bond donors (Lipinski definition) is 2. The normalized spacial score (nSPS) is 13.5. The van der Waals surface area contributed by atoms with Crippen LogP contribution in [0.15, 0.2) is 4.99 Å². The lowest BCUT2D eigenvalue weighted by Crippen LogP contribution is -2.46. The zero-order valence-corrected chi connectivity index (χ0v) is 21.7. The molecule has 2 N–H and O–H groups in total. The molecular weight excluding hydrogens is 495 g/mol. The topological polar surface area (TPSA) is 100 Å². The molecule has 1 atom stereocenters. The number of sulfone groups is 1. The van der Waals surface area contributed by atoms with Crippen molar-refractivity contribution in [1.82, 2.24) is 15.5 Å². The molecule has 0 aliphatic rings. The quantitative estimate of drug-likeness (QED) is 0.268. The Bertz CT molecular complexity index is 589. The minimum Gasteiger partial charge on any atom is -0.444 e. The van der Waals surface area contributed by atoms with E-state index in [1.807, 2.05) is 46.6 Å². The molecule has 0 saturated carbocycles. The second kappa shape index (κ2) is 13.4. The highest BCUT2D eigenvalue weighted by molar-refractivity contribution is 14.0. The van der Waals surface area contributed by atoms with Crippen molar-refractivity contribution in [2.24, 2.45) is 10.9 Å². The zero-order chi connectivity index (χ0) is 21.3. The molecule has 0 bridgehead atoms. The molecule has 0 aromatic carbocycles. The third kappa shape index (κ3) is 13.4. The summed E-state index contributed by atoms with van der Waals surface area (Å²) in [5.41, 5.74) is -0.535. The number of halogens is 1. The molecule has 10 heteroatoms. The summed E-state index contributed by atoms with van der Waals surface area (Å²) >= 11 is 0. The van der Waals surface area contributed by atoms with Crippen molar-refractivity contribution in [2.45, 2.75) is 59.6 Å². The Hall–Kier alpha value is -0.780. The molecule has 8 nitrogen and oxygen atoms in total. The summed E-state index contributed by atoms with van der Waals surface area (Å²) in [5.74, 6) is 1.08. The number of nitrogens with one attached hydrogen (secondary N) is 2. The van der Waals surface area contributed by atoms with Crippen LogP contribution in [0.4, 0.5) is 4.79 Å². The first kappa shape index (κ1) is 29.4. The van der Waals surface area contributed by atoms with Crippen LogP contribution in [0.5, 0.6) is 0 Å². The zero-order valence-electron chi connectivity index (χ0n) is 18.5. The second-order valence-electron chi connectivity index (χ2n) is 7.92. The van der Waals surface area contributed by atoms with Crippen LogP contribution in [0, 0.1) is 5.92 Å². The van der Waals surface area contributed by atoms with Gasteiger partial charge in [-0.1, -0.05) is 20.8 Å². The highest BCUT2D eigenvalue weighted by atomic mass is 127. The summed E-state index contributed by atoms with van der Waals surface area (Å²) in [6.07, 6.45) is 0.289. The average Bonchev–Trinajstić information content (AvgIpc) is 2.53. The van der Waals surface area contributed by atoms with Crippen LogP contribution in [0.2, 0.25) is 0 Å². The molecule has 0 aliphatic heterocycles. The standard InChI is InChI=1S/C18H38N4O4S.HI/c1-9-27(24,25)13-11-20-16(19-7)22(8)12-10-15(14(2)3)21-17(23)26-18(4,5)6;/h14-15H,9-13H2,1-8H3,(H,19,20)(H,21,23);1H. The maximum atomic E-state index is 12.0. The van der Waals surface area contributed by atoms with Crippen LogP contribution in [-0.2, 0) is 14.6 Å². The fourth-order valence-corrected chi connectivity index (χ4v) is 3.02. The van der Waals surface area contributed by atoms with Gasteiger partial charge in [0.15, 0.2) is 15.8 Å². The Kier molecular flexibility index (Phi) is 14.1. The number of hydrogen-bond acceptors (Lipinski definition) is 5. The van der Waals surface area contributed by atoms with Crippen molar-refractivity contribution in [3.05, 3.63) is 0 Å². The minimum atomic E-state index is -3.01. The number of ether oxygens (including phenoxy) is 1. The maximum absolute atomic E-state index is 12.0. The van der Waals surface area contributed by atoms with Gasteiger partial charge in [-0.05, 0) is 33.1 Å². The molecule has 0 aromatic heterocycles. The van der Waals surface area contributed by atoms with Gasteiger partial charge in [-0.15, -0.1) is 24.0 Å². The first-order valence-electron chi connectivity index (χ1n) is 9.43. The minimum absolute atomic E-state index is 0. The lowest BCUT2D eigenvalue weighted by atomic mass is 10.0. The number of nitrogens with zero attached hydrogens (tertiary/aromatic N) is 2. The van der Waals surface area contributed by atoms with Crippen molar-refractivity contribution in [1.29, 1.82) is 0 Å². The van der Waals surface area contributed by atoms with Crippen molar-refractivity contribution in [3.63, 3.8) is 0 Å². The molecule has 1 amide bonds. The number of guanidine groups is 1. The van der Waals surface area contributed by atoms with Crippen LogP contribution in [0.1, 0.15) is 48.0 Å². The van der Waals surface area contributed by atoms with Crippen LogP contribution in [0.25, 0.3) is 0 Å². The molecule has 0 fully saturated rings. The van der Waals surface area contributed by atoms with Crippen molar-refractivity contribution >= 4 is 45.9 Å². The monoisotopic (exact) mass is 534 g/mol. The molecule has 0 radical (unpaired) electrons. The number of aliphatic imine (C=N–C) groups is 1. The summed E-state index contributed by atoms with van der Waals surface area (Å²) < 4.78 is 28.5. The van der Waals surface area contributed by atoms with E-state index in [9.17, 15) is 13.2 Å². The van der Waals surface area contributed by atoms with E-state index in [1.165, 1.54) is 0 Å². The van der Waals surface area contributed by atoms with Crippen LogP contribution in [0.3, 0.4) is 0 Å². The molecule has 0 spiro atoms. The van der Waals surface area contributed by atoms with Gasteiger partial charge in [0.1, 0.15) is 5.60 Å². The Morgan fingerprint density at radius 3 is 2.25 bits per heavy atom. The maximum Gasteiger partial charge on any atom is 0.407 e. The van der Waals surface area contributed by atoms with E-state index in [1.54, 1.807) is 14.0 Å². The van der Waals surface area contributed by atoms with Gasteiger partial charge < -0.3 is 20.3 Å². The molecule has 0 aliphatic carbocycles. The third-order valence-corrected chi connectivity index (χ3v) is 5.70. The van der Waals surface area contributed by atoms with Gasteiger partial charge in [-0.3, -0.25) is 4.99 Å². The van der Waals surface area contributed by atoms with E-state index in [2.05, 4.69) is 15.6 Å². The number of alkyl carbamates (subject to hydrolysis) is 1. The van der Waals surface area contributed by atoms with E-state index < -0.39 is 21.5 Å². The van der Waals surface area contributed by atoms with Gasteiger partial charge in [0, 0.05) is 39.0 Å². The van der Waals surface area contributed by atoms with E-state index in [0.717, 1.165) is 0 Å². The van der Waals surface area contributed by atoms with E-state index >= 15 is 0 Å². The predicted octanol–water partition coefficient (Wildman–Crippen LogP) is 2.49. The highest BCUT2D eigenvalue weighted by Crippen LogP contribution is 2.11. The van der Waals surface area contributed by atoms with Gasteiger partial charge in [0.05, 0.1) is 5.75 Å². The van der Waals surface area contributed by atoms with Gasteiger partial charge in [0.2, 0.25) is 0 Å². The first-order chi connectivity index (χ1) is 12.3. The number of amides is 1. The second-order valence-corrected chi connectivity index (χ2v) is 10.4. The Morgan fingerprint density at radius 1 is 1.25 bits per heavy atom. The summed E-state index contributed by atoms with van der Waals surface area (Å²) in [7, 11) is 0.530. The first-order valence-corrected chi connectivity index (χ1v) is 11.2. The molecule has 1 unspecified atom stereocenters. The van der Waals surface area contributed by atoms with Gasteiger partial charge in [0.25, 0.3) is 0 Å². The number of carbonyl (C=O) groups is 1. The molecular formula is C18H39IN4O4S. The molecule has 0 aromatic rings. The van der Waals surface area contributed by atoms with E-state index in [0.29, 0.717) is 25.5 Å². The van der Waals surface area contributed by atoms with Crippen molar-refractivity contribution < 1.29 is 17.9 Å². The lowest BCUT2D eigenvalue weighted by Gasteiger charge is -2.28. The summed E-state index contributed by atoms with van der Waals surface area (Å²) in [5, 5.41) is 6.00. The van der Waals surface area contributed by atoms with Gasteiger partial charge >= 0.3 is 6.09 Å². The fourth-order valence-electron chi connectivity index (χ4n) is 2.32. The van der Waals surface area contributed by atoms with E-state index in [-0.39, 0.29) is 47.4 Å². The predicted molar refractivity (Wildman–Crippen MR) is 126 cm³/mol. The number of carbonyl (C=O) groups excluding carboxylic acids is 1. The summed E-state index contributed by atoms with van der Waals surface area (Å²) in [6, 6.07) is -0.0409. The molecule has 28 heavy (non-hydrogen) atoms. The molecule has 0 heterocycles. The SMILES string of the molecule is CCS(=O)(=O)CCNC(=NC)N(C)CCC(NC(=O)OC(C)(C)C)C(C)C.I. The van der Waals surface area contributed by atoms with Crippen LogP contribution in [-0.4, -0.2) is 75.7 Å². The number of rotatable bonds is 9.